The standard InChI is InChI=1S/C17H29N5O2/c1-13-11-21(12-14(2)24-13)7-4-15-5-8-22(9-6-15)17(23)16-10-18-19-20(16)3/h10,13-15H,4-9,11-12H2,1-3H3. The highest BCUT2D eigenvalue weighted by molar-refractivity contribution is 5.92. The number of hydrogen-bond donors (Lipinski definition) is 0. The summed E-state index contributed by atoms with van der Waals surface area (Å²) in [5.41, 5.74) is 0.574. The van der Waals surface area contributed by atoms with Crippen molar-refractivity contribution in [2.24, 2.45) is 13.0 Å². The fourth-order valence-corrected chi connectivity index (χ4v) is 3.90. The van der Waals surface area contributed by atoms with Gasteiger partial charge in [-0.2, -0.15) is 0 Å². The van der Waals surface area contributed by atoms with Crippen molar-refractivity contribution < 1.29 is 9.53 Å². The number of likely N-dealkylation sites (tertiary alicyclic amines) is 1. The van der Waals surface area contributed by atoms with E-state index in [0.29, 0.717) is 23.8 Å². The molecule has 1 amide bonds. The van der Waals surface area contributed by atoms with Crippen LogP contribution < -0.4 is 0 Å². The van der Waals surface area contributed by atoms with Crippen molar-refractivity contribution in [2.75, 3.05) is 32.7 Å². The summed E-state index contributed by atoms with van der Waals surface area (Å²) in [5, 5.41) is 7.64. The average Bonchev–Trinajstić information content (AvgIpc) is 2.98. The highest BCUT2D eigenvalue weighted by atomic mass is 16.5. The molecule has 0 bridgehead atoms. The minimum atomic E-state index is 0.0526. The molecular weight excluding hydrogens is 306 g/mol. The highest BCUT2D eigenvalue weighted by Gasteiger charge is 2.27. The summed E-state index contributed by atoms with van der Waals surface area (Å²) in [6, 6.07) is 0. The van der Waals surface area contributed by atoms with Gasteiger partial charge in [-0.1, -0.05) is 5.21 Å². The van der Waals surface area contributed by atoms with Crippen LogP contribution in [0.3, 0.4) is 0 Å². The van der Waals surface area contributed by atoms with Gasteiger partial charge < -0.3 is 9.64 Å². The normalized spacial score (nSPS) is 26.7. The van der Waals surface area contributed by atoms with Crippen molar-refractivity contribution >= 4 is 5.91 Å². The lowest BCUT2D eigenvalue weighted by molar-refractivity contribution is -0.0693. The van der Waals surface area contributed by atoms with Gasteiger partial charge in [-0.25, -0.2) is 4.68 Å². The SMILES string of the molecule is CC1CN(CCC2CCN(C(=O)c3cnnn3C)CC2)CC(C)O1. The van der Waals surface area contributed by atoms with Gasteiger partial charge in [0.25, 0.3) is 5.91 Å². The zero-order valence-electron chi connectivity index (χ0n) is 15.0. The second-order valence-corrected chi connectivity index (χ2v) is 7.28. The number of rotatable bonds is 4. The van der Waals surface area contributed by atoms with E-state index in [4.69, 9.17) is 4.74 Å². The van der Waals surface area contributed by atoms with Crippen LogP contribution in [0.5, 0.6) is 0 Å². The fourth-order valence-electron chi connectivity index (χ4n) is 3.90. The molecule has 2 aliphatic heterocycles. The molecule has 0 radical (unpaired) electrons. The minimum absolute atomic E-state index is 0.0526. The van der Waals surface area contributed by atoms with Gasteiger partial charge in [0.15, 0.2) is 0 Å². The number of aromatic nitrogens is 3. The number of aryl methyl sites for hydroxylation is 1. The van der Waals surface area contributed by atoms with Crippen LogP contribution in [0.25, 0.3) is 0 Å². The molecule has 0 aromatic carbocycles. The van der Waals surface area contributed by atoms with E-state index in [2.05, 4.69) is 29.1 Å². The summed E-state index contributed by atoms with van der Waals surface area (Å²) < 4.78 is 7.35. The predicted molar refractivity (Wildman–Crippen MR) is 90.7 cm³/mol. The van der Waals surface area contributed by atoms with Gasteiger partial charge >= 0.3 is 0 Å². The summed E-state index contributed by atoms with van der Waals surface area (Å²) in [5.74, 6) is 0.768. The number of carbonyl (C=O) groups excluding carboxylic acids is 1. The third-order valence-corrected chi connectivity index (χ3v) is 5.18. The molecule has 0 saturated carbocycles. The lowest BCUT2D eigenvalue weighted by atomic mass is 9.93. The number of ether oxygens (including phenoxy) is 1. The van der Waals surface area contributed by atoms with Crippen LogP contribution in [0.4, 0.5) is 0 Å². The summed E-state index contributed by atoms with van der Waals surface area (Å²) in [6.07, 6.45) is 5.62. The predicted octanol–water partition coefficient (Wildman–Crippen LogP) is 1.17. The fraction of sp³-hybridized carbons (Fsp3) is 0.824. The Bertz CT molecular complexity index is 543. The van der Waals surface area contributed by atoms with E-state index in [1.807, 2.05) is 4.90 Å². The molecule has 0 N–H and O–H groups in total. The molecule has 134 valence electrons. The van der Waals surface area contributed by atoms with E-state index >= 15 is 0 Å². The van der Waals surface area contributed by atoms with Gasteiger partial charge in [-0.15, -0.1) is 5.10 Å². The van der Waals surface area contributed by atoms with Crippen LogP contribution in [-0.2, 0) is 11.8 Å². The van der Waals surface area contributed by atoms with Gasteiger partial charge in [-0.3, -0.25) is 9.69 Å². The zero-order chi connectivity index (χ0) is 17.1. The Morgan fingerprint density at radius 1 is 1.25 bits per heavy atom. The Labute approximate surface area is 143 Å². The molecule has 0 spiro atoms. The topological polar surface area (TPSA) is 63.5 Å². The molecule has 7 heteroatoms. The van der Waals surface area contributed by atoms with Crippen LogP contribution in [0.15, 0.2) is 6.20 Å². The van der Waals surface area contributed by atoms with E-state index in [0.717, 1.165) is 45.6 Å². The Kier molecular flexibility index (Phi) is 5.50. The van der Waals surface area contributed by atoms with Crippen molar-refractivity contribution in [3.05, 3.63) is 11.9 Å². The molecular formula is C17H29N5O2. The minimum Gasteiger partial charge on any atom is -0.373 e. The van der Waals surface area contributed by atoms with Gasteiger partial charge in [0.05, 0.1) is 18.4 Å². The summed E-state index contributed by atoms with van der Waals surface area (Å²) in [4.78, 5) is 16.9. The maximum absolute atomic E-state index is 12.5. The highest BCUT2D eigenvalue weighted by Crippen LogP contribution is 2.23. The third-order valence-electron chi connectivity index (χ3n) is 5.18. The number of hydrogen-bond acceptors (Lipinski definition) is 5. The number of amides is 1. The summed E-state index contributed by atoms with van der Waals surface area (Å²) in [7, 11) is 1.76. The van der Waals surface area contributed by atoms with E-state index in [1.54, 1.807) is 17.9 Å². The number of morpholine rings is 1. The molecule has 2 saturated heterocycles. The first kappa shape index (κ1) is 17.4. The van der Waals surface area contributed by atoms with Gasteiger partial charge in [0, 0.05) is 33.2 Å². The number of piperidine rings is 1. The van der Waals surface area contributed by atoms with Gasteiger partial charge in [0.2, 0.25) is 0 Å². The van der Waals surface area contributed by atoms with Crippen molar-refractivity contribution in [2.45, 2.75) is 45.3 Å². The molecule has 2 aliphatic rings. The first-order valence-corrected chi connectivity index (χ1v) is 9.04. The molecule has 2 unspecified atom stereocenters. The lowest BCUT2D eigenvalue weighted by Gasteiger charge is -2.37. The number of nitrogens with zero attached hydrogens (tertiary/aromatic N) is 5. The van der Waals surface area contributed by atoms with E-state index in [9.17, 15) is 4.79 Å². The van der Waals surface area contributed by atoms with Crippen molar-refractivity contribution in [3.63, 3.8) is 0 Å². The first-order chi connectivity index (χ1) is 11.5. The van der Waals surface area contributed by atoms with E-state index in [1.165, 1.54) is 6.42 Å². The maximum atomic E-state index is 12.5. The Hall–Kier alpha value is -1.47. The second-order valence-electron chi connectivity index (χ2n) is 7.28. The number of carbonyl (C=O) groups is 1. The first-order valence-electron chi connectivity index (χ1n) is 9.04. The second kappa shape index (κ2) is 7.61. The molecule has 24 heavy (non-hydrogen) atoms. The Morgan fingerprint density at radius 2 is 1.92 bits per heavy atom. The quantitative estimate of drug-likeness (QED) is 0.826. The molecule has 2 atom stereocenters. The lowest BCUT2D eigenvalue weighted by Crippen LogP contribution is -2.46. The van der Waals surface area contributed by atoms with Gasteiger partial charge in [0.1, 0.15) is 5.69 Å². The Morgan fingerprint density at radius 3 is 2.50 bits per heavy atom. The van der Waals surface area contributed by atoms with Crippen LogP contribution >= 0.6 is 0 Å². The molecule has 1 aromatic rings. The van der Waals surface area contributed by atoms with Crippen LogP contribution in [0, 0.1) is 5.92 Å². The molecule has 7 nitrogen and oxygen atoms in total. The van der Waals surface area contributed by atoms with Crippen molar-refractivity contribution in [1.29, 1.82) is 0 Å². The zero-order valence-corrected chi connectivity index (χ0v) is 15.0. The Balaban J connectivity index is 1.42. The summed E-state index contributed by atoms with van der Waals surface area (Å²) >= 11 is 0. The molecule has 1 aromatic heterocycles. The van der Waals surface area contributed by atoms with E-state index < -0.39 is 0 Å². The van der Waals surface area contributed by atoms with Gasteiger partial charge in [-0.05, 0) is 45.6 Å². The largest absolute Gasteiger partial charge is 0.373 e. The molecule has 3 rings (SSSR count). The smallest absolute Gasteiger partial charge is 0.273 e. The van der Waals surface area contributed by atoms with Crippen LogP contribution in [0.2, 0.25) is 0 Å². The third kappa shape index (κ3) is 4.13. The molecule has 2 fully saturated rings. The maximum Gasteiger partial charge on any atom is 0.273 e. The van der Waals surface area contributed by atoms with E-state index in [-0.39, 0.29) is 5.91 Å². The van der Waals surface area contributed by atoms with Crippen molar-refractivity contribution in [1.82, 2.24) is 24.8 Å². The van der Waals surface area contributed by atoms with Crippen molar-refractivity contribution in [3.8, 4) is 0 Å². The molecule has 0 aliphatic carbocycles. The average molecular weight is 335 g/mol. The van der Waals surface area contributed by atoms with Crippen LogP contribution in [0.1, 0.15) is 43.6 Å². The monoisotopic (exact) mass is 335 g/mol. The van der Waals surface area contributed by atoms with Crippen LogP contribution in [-0.4, -0.2) is 75.6 Å². The molecule has 3 heterocycles. The summed E-state index contributed by atoms with van der Waals surface area (Å²) in [6.45, 7) is 9.20.